The second-order valence-electron chi connectivity index (χ2n) is 10.9. The molecule has 0 spiro atoms. The van der Waals surface area contributed by atoms with Crippen molar-refractivity contribution in [2.24, 2.45) is 0 Å². The lowest BCUT2D eigenvalue weighted by Gasteiger charge is -2.12. The van der Waals surface area contributed by atoms with Crippen molar-refractivity contribution in [2.75, 3.05) is 0 Å². The predicted molar refractivity (Wildman–Crippen MR) is 167 cm³/mol. The van der Waals surface area contributed by atoms with Crippen molar-refractivity contribution in [3.63, 3.8) is 0 Å². The van der Waals surface area contributed by atoms with Crippen LogP contribution in [-0.2, 0) is 0 Å². The lowest BCUT2D eigenvalue weighted by atomic mass is 9.91. The Hall–Kier alpha value is -4.94. The van der Waals surface area contributed by atoms with Crippen molar-refractivity contribution in [2.45, 2.75) is 0 Å². The molecule has 172 valence electrons. The summed E-state index contributed by atoms with van der Waals surface area (Å²) in [4.78, 5) is 0. The van der Waals surface area contributed by atoms with E-state index >= 15 is 0 Å². The monoisotopic (exact) mass is 476 g/mol. The molecule has 0 aromatic heterocycles. The Morgan fingerprint density at radius 3 is 1.37 bits per heavy atom. The summed E-state index contributed by atoms with van der Waals surface area (Å²) in [6, 6.07) is 41.0. The maximum Gasteiger partial charge on any atom is -0.000785 e. The molecule has 0 atom stereocenters. The summed E-state index contributed by atoms with van der Waals surface area (Å²) in [5.74, 6) is 0. The SMILES string of the molecule is C(=C\c1cc2ccc3ccc4ccc5ccc1c1c5c4c3c21)/c1ccc2ccc3cccc4ccc1c2c34. The topological polar surface area (TPSA) is 0 Å². The summed E-state index contributed by atoms with van der Waals surface area (Å²) in [5, 5.41) is 21.8. The van der Waals surface area contributed by atoms with Crippen LogP contribution in [0.5, 0.6) is 0 Å². The van der Waals surface area contributed by atoms with Gasteiger partial charge in [0.15, 0.2) is 0 Å². The normalized spacial score (nSPS) is 13.2. The van der Waals surface area contributed by atoms with Gasteiger partial charge in [-0.25, -0.2) is 0 Å². The average Bonchev–Trinajstić information content (AvgIpc) is 3.34. The van der Waals surface area contributed by atoms with Gasteiger partial charge in [-0.3, -0.25) is 0 Å². The van der Waals surface area contributed by atoms with Crippen LogP contribution in [0.3, 0.4) is 0 Å². The Bertz CT molecular complexity index is 2490. The van der Waals surface area contributed by atoms with Crippen LogP contribution in [-0.4, -0.2) is 0 Å². The van der Waals surface area contributed by atoms with Gasteiger partial charge >= 0.3 is 0 Å². The van der Waals surface area contributed by atoms with E-state index < -0.39 is 0 Å². The fraction of sp³-hybridized carbons (Fsp3) is 0. The second kappa shape index (κ2) is 6.49. The lowest BCUT2D eigenvalue weighted by Crippen LogP contribution is -1.86. The van der Waals surface area contributed by atoms with E-state index in [4.69, 9.17) is 0 Å². The quantitative estimate of drug-likeness (QED) is 0.172. The average molecular weight is 477 g/mol. The predicted octanol–water partition coefficient (Wildman–Crippen LogP) is 10.8. The van der Waals surface area contributed by atoms with E-state index in [9.17, 15) is 0 Å². The maximum absolute atomic E-state index is 2.39. The molecule has 10 rings (SSSR count). The minimum Gasteiger partial charge on any atom is -0.0610 e. The van der Waals surface area contributed by atoms with Crippen LogP contribution in [0.25, 0.3) is 98.3 Å². The second-order valence-corrected chi connectivity index (χ2v) is 10.9. The summed E-state index contributed by atoms with van der Waals surface area (Å²) in [5.41, 5.74) is 2.55. The van der Waals surface area contributed by atoms with Crippen molar-refractivity contribution in [3.05, 3.63) is 120 Å². The zero-order valence-electron chi connectivity index (χ0n) is 20.5. The molecule has 0 nitrogen and oxygen atoms in total. The van der Waals surface area contributed by atoms with Crippen LogP contribution in [0, 0.1) is 0 Å². The Morgan fingerprint density at radius 2 is 0.711 bits per heavy atom. The maximum atomic E-state index is 2.39. The molecule has 0 heteroatoms. The Morgan fingerprint density at radius 1 is 0.289 bits per heavy atom. The van der Waals surface area contributed by atoms with Gasteiger partial charge in [0, 0.05) is 0 Å². The first-order valence-electron chi connectivity index (χ1n) is 13.4. The standard InChI is InChI=1S/C38H20/c1-2-22-7-8-24-6-4-21(30-18-16-23(3-1)32(22)33(24)30)5-14-28-20-29-15-13-26-10-9-25-11-12-27-17-19-31(28)38-36(27)34(25)35(26)37(29)38/h1-20H/b14-5+. The van der Waals surface area contributed by atoms with Crippen LogP contribution in [0.2, 0.25) is 0 Å². The van der Waals surface area contributed by atoms with E-state index in [-0.39, 0.29) is 0 Å². The van der Waals surface area contributed by atoms with Gasteiger partial charge in [-0.2, -0.15) is 0 Å². The Balaban J connectivity index is 1.27. The summed E-state index contributed by atoms with van der Waals surface area (Å²) in [6.45, 7) is 0. The zero-order valence-corrected chi connectivity index (χ0v) is 20.5. The third-order valence-electron chi connectivity index (χ3n) is 9.06. The minimum absolute atomic E-state index is 1.26. The number of rotatable bonds is 2. The first-order chi connectivity index (χ1) is 18.8. The molecular formula is C38H20. The third kappa shape index (κ3) is 2.20. The van der Waals surface area contributed by atoms with Gasteiger partial charge in [0.25, 0.3) is 0 Å². The van der Waals surface area contributed by atoms with E-state index in [2.05, 4.69) is 121 Å². The van der Waals surface area contributed by atoms with Gasteiger partial charge in [0.05, 0.1) is 0 Å². The van der Waals surface area contributed by atoms with Crippen LogP contribution in [0.15, 0.2) is 109 Å². The molecule has 0 aliphatic heterocycles. The van der Waals surface area contributed by atoms with Crippen LogP contribution >= 0.6 is 0 Å². The van der Waals surface area contributed by atoms with Crippen molar-refractivity contribution < 1.29 is 0 Å². The van der Waals surface area contributed by atoms with E-state index in [1.54, 1.807) is 0 Å². The van der Waals surface area contributed by atoms with Gasteiger partial charge in [0.2, 0.25) is 0 Å². The molecule has 0 aliphatic rings. The van der Waals surface area contributed by atoms with E-state index in [1.807, 2.05) is 0 Å². The molecule has 38 heavy (non-hydrogen) atoms. The van der Waals surface area contributed by atoms with Gasteiger partial charge in [-0.1, -0.05) is 115 Å². The van der Waals surface area contributed by atoms with Crippen LogP contribution in [0.4, 0.5) is 0 Å². The largest absolute Gasteiger partial charge is 0.0610 e. The summed E-state index contributed by atoms with van der Waals surface area (Å²) in [7, 11) is 0. The van der Waals surface area contributed by atoms with Gasteiger partial charge in [0.1, 0.15) is 0 Å². The summed E-state index contributed by atoms with van der Waals surface area (Å²) < 4.78 is 0. The molecule has 0 heterocycles. The van der Waals surface area contributed by atoms with Gasteiger partial charge in [-0.05, 0) is 103 Å². The van der Waals surface area contributed by atoms with Crippen molar-refractivity contribution in [1.29, 1.82) is 0 Å². The van der Waals surface area contributed by atoms with Crippen molar-refractivity contribution in [3.8, 4) is 0 Å². The van der Waals surface area contributed by atoms with Crippen molar-refractivity contribution in [1.82, 2.24) is 0 Å². The molecule has 0 amide bonds. The third-order valence-corrected chi connectivity index (χ3v) is 9.06. The highest BCUT2D eigenvalue weighted by Crippen LogP contribution is 2.49. The van der Waals surface area contributed by atoms with Gasteiger partial charge in [-0.15, -0.1) is 0 Å². The number of hydrogen-bond acceptors (Lipinski definition) is 0. The van der Waals surface area contributed by atoms with Crippen LogP contribution < -0.4 is 0 Å². The fourth-order valence-electron chi connectivity index (χ4n) is 7.42. The molecule has 10 aromatic rings. The van der Waals surface area contributed by atoms with E-state index in [0.717, 1.165) is 0 Å². The number of benzene rings is 9. The van der Waals surface area contributed by atoms with Crippen LogP contribution in [0.1, 0.15) is 11.1 Å². The lowest BCUT2D eigenvalue weighted by molar-refractivity contribution is 1.75. The smallest absolute Gasteiger partial charge is 0.000785 e. The zero-order chi connectivity index (χ0) is 24.5. The molecule has 0 fully saturated rings. The molecule has 0 bridgehead atoms. The molecule has 0 saturated heterocycles. The summed E-state index contributed by atoms with van der Waals surface area (Å²) >= 11 is 0. The Kier molecular flexibility index (Phi) is 3.28. The van der Waals surface area contributed by atoms with E-state index in [0.29, 0.717) is 0 Å². The fourth-order valence-corrected chi connectivity index (χ4v) is 7.42. The highest BCUT2D eigenvalue weighted by Gasteiger charge is 2.20. The summed E-state index contributed by atoms with van der Waals surface area (Å²) in [6.07, 6.45) is 4.65. The molecule has 0 aliphatic carbocycles. The van der Waals surface area contributed by atoms with Gasteiger partial charge < -0.3 is 0 Å². The molecule has 0 saturated carbocycles. The first-order valence-corrected chi connectivity index (χ1v) is 13.4. The Labute approximate surface area is 218 Å². The first kappa shape index (κ1) is 19.2. The van der Waals surface area contributed by atoms with Crippen molar-refractivity contribution >= 4 is 98.3 Å². The highest BCUT2D eigenvalue weighted by atomic mass is 14.2. The molecule has 10 aromatic carbocycles. The molecule has 0 unspecified atom stereocenters. The minimum atomic E-state index is 1.26. The highest BCUT2D eigenvalue weighted by molar-refractivity contribution is 6.44. The molecule has 0 radical (unpaired) electrons. The number of hydrogen-bond donors (Lipinski definition) is 0. The van der Waals surface area contributed by atoms with E-state index in [1.165, 1.54) is 97.3 Å². The molecule has 0 N–H and O–H groups in total. The molecular weight excluding hydrogens is 456 g/mol.